The zero-order valence-electron chi connectivity index (χ0n) is 11.8. The lowest BCUT2D eigenvalue weighted by Crippen LogP contribution is -2.29. The molecule has 2 fully saturated rings. The minimum atomic E-state index is 0.292. The summed E-state index contributed by atoms with van der Waals surface area (Å²) in [6.45, 7) is 3.30. The molecular weight excluding hydrogens is 234 g/mol. The molecule has 1 aromatic rings. The Morgan fingerprint density at radius 3 is 2.74 bits per heavy atom. The molecule has 19 heavy (non-hydrogen) atoms. The standard InChI is InChI=1S/C17H25NO/c1-2-16(15-5-3-4-6-17(15)19)18-11-14-10-12-7-8-13(14)9-12/h3-6,12-14,16,18-19H,2,7-11H2,1H3. The summed E-state index contributed by atoms with van der Waals surface area (Å²) in [4.78, 5) is 0. The van der Waals surface area contributed by atoms with Gasteiger partial charge in [0, 0.05) is 11.6 Å². The highest BCUT2D eigenvalue weighted by Gasteiger charge is 2.39. The minimum Gasteiger partial charge on any atom is -0.508 e. The second-order valence-electron chi connectivity index (χ2n) is 6.36. The van der Waals surface area contributed by atoms with E-state index in [2.05, 4.69) is 12.2 Å². The van der Waals surface area contributed by atoms with Crippen molar-refractivity contribution >= 4 is 0 Å². The average Bonchev–Trinajstić information content (AvgIpc) is 3.03. The van der Waals surface area contributed by atoms with Crippen LogP contribution in [-0.4, -0.2) is 11.7 Å². The fourth-order valence-corrected chi connectivity index (χ4v) is 4.18. The molecule has 0 spiro atoms. The SMILES string of the molecule is CCC(NCC1CC2CCC1C2)c1ccccc1O. The van der Waals surface area contributed by atoms with Crippen molar-refractivity contribution in [3.63, 3.8) is 0 Å². The first kappa shape index (κ1) is 13.0. The van der Waals surface area contributed by atoms with Crippen LogP contribution in [0.25, 0.3) is 0 Å². The molecule has 4 unspecified atom stereocenters. The average molecular weight is 259 g/mol. The van der Waals surface area contributed by atoms with E-state index in [1.807, 2.05) is 18.2 Å². The van der Waals surface area contributed by atoms with Gasteiger partial charge in [0.2, 0.25) is 0 Å². The number of para-hydroxylation sites is 1. The van der Waals surface area contributed by atoms with E-state index in [0.29, 0.717) is 11.8 Å². The molecule has 104 valence electrons. The third kappa shape index (κ3) is 2.64. The van der Waals surface area contributed by atoms with E-state index in [4.69, 9.17) is 0 Å². The van der Waals surface area contributed by atoms with E-state index >= 15 is 0 Å². The molecule has 4 atom stereocenters. The van der Waals surface area contributed by atoms with Crippen LogP contribution in [0.1, 0.15) is 50.6 Å². The maximum atomic E-state index is 9.97. The summed E-state index contributed by atoms with van der Waals surface area (Å²) in [5.41, 5.74) is 1.05. The van der Waals surface area contributed by atoms with Crippen molar-refractivity contribution in [3.8, 4) is 5.75 Å². The number of phenolic OH excluding ortho intramolecular Hbond substituents is 1. The highest BCUT2D eigenvalue weighted by Crippen LogP contribution is 2.48. The number of hydrogen-bond acceptors (Lipinski definition) is 2. The fourth-order valence-electron chi connectivity index (χ4n) is 4.18. The van der Waals surface area contributed by atoms with Gasteiger partial charge in [0.25, 0.3) is 0 Å². The smallest absolute Gasteiger partial charge is 0.120 e. The summed E-state index contributed by atoms with van der Waals surface area (Å²) >= 11 is 0. The Labute approximate surface area is 116 Å². The van der Waals surface area contributed by atoms with Crippen molar-refractivity contribution in [3.05, 3.63) is 29.8 Å². The number of rotatable bonds is 5. The van der Waals surface area contributed by atoms with Crippen molar-refractivity contribution in [2.45, 2.75) is 45.1 Å². The lowest BCUT2D eigenvalue weighted by molar-refractivity contribution is 0.303. The van der Waals surface area contributed by atoms with Crippen molar-refractivity contribution in [2.75, 3.05) is 6.54 Å². The molecular formula is C17H25NO. The van der Waals surface area contributed by atoms with Gasteiger partial charge in [-0.3, -0.25) is 0 Å². The zero-order chi connectivity index (χ0) is 13.2. The topological polar surface area (TPSA) is 32.3 Å². The molecule has 0 saturated heterocycles. The molecule has 0 aliphatic heterocycles. The minimum absolute atomic E-state index is 0.292. The summed E-state index contributed by atoms with van der Waals surface area (Å²) in [5, 5.41) is 13.7. The van der Waals surface area contributed by atoms with Crippen LogP contribution in [0.3, 0.4) is 0 Å². The maximum absolute atomic E-state index is 9.97. The molecule has 2 nitrogen and oxygen atoms in total. The predicted molar refractivity (Wildman–Crippen MR) is 78.1 cm³/mol. The Kier molecular flexibility index (Phi) is 3.79. The number of fused-ring (bicyclic) bond motifs is 2. The van der Waals surface area contributed by atoms with Crippen molar-refractivity contribution in [1.29, 1.82) is 0 Å². The first-order chi connectivity index (χ1) is 9.28. The summed E-state index contributed by atoms with van der Waals surface area (Å²) in [6, 6.07) is 8.02. The van der Waals surface area contributed by atoms with Gasteiger partial charge in [0.1, 0.15) is 5.75 Å². The Hall–Kier alpha value is -1.02. The lowest BCUT2D eigenvalue weighted by atomic mass is 9.88. The first-order valence-corrected chi connectivity index (χ1v) is 7.79. The summed E-state index contributed by atoms with van der Waals surface area (Å²) in [6.07, 6.45) is 6.84. The number of aromatic hydroxyl groups is 1. The van der Waals surface area contributed by atoms with Crippen LogP contribution >= 0.6 is 0 Å². The summed E-state index contributed by atoms with van der Waals surface area (Å²) in [5.74, 6) is 3.29. The molecule has 0 radical (unpaired) electrons. The van der Waals surface area contributed by atoms with Gasteiger partial charge in [-0.15, -0.1) is 0 Å². The summed E-state index contributed by atoms with van der Waals surface area (Å²) < 4.78 is 0. The zero-order valence-corrected chi connectivity index (χ0v) is 11.8. The molecule has 3 rings (SSSR count). The molecule has 2 aliphatic rings. The van der Waals surface area contributed by atoms with E-state index in [-0.39, 0.29) is 0 Å². The molecule has 0 amide bonds. The number of nitrogens with one attached hydrogen (secondary N) is 1. The Bertz CT molecular complexity index is 431. The van der Waals surface area contributed by atoms with Gasteiger partial charge in [0.15, 0.2) is 0 Å². The predicted octanol–water partition coefficient (Wildman–Crippen LogP) is 3.87. The largest absolute Gasteiger partial charge is 0.508 e. The molecule has 2 N–H and O–H groups in total. The third-order valence-electron chi connectivity index (χ3n) is 5.23. The Morgan fingerprint density at radius 1 is 1.26 bits per heavy atom. The van der Waals surface area contributed by atoms with Gasteiger partial charge in [-0.2, -0.15) is 0 Å². The molecule has 2 bridgehead atoms. The fraction of sp³-hybridized carbons (Fsp3) is 0.647. The normalized spacial score (nSPS) is 30.7. The Balaban J connectivity index is 1.60. The van der Waals surface area contributed by atoms with Gasteiger partial charge in [0.05, 0.1) is 0 Å². The van der Waals surface area contributed by atoms with Crippen molar-refractivity contribution in [2.24, 2.45) is 17.8 Å². The molecule has 1 aromatic carbocycles. The monoisotopic (exact) mass is 259 g/mol. The highest BCUT2D eigenvalue weighted by atomic mass is 16.3. The second kappa shape index (κ2) is 5.54. The van der Waals surface area contributed by atoms with Crippen LogP contribution in [-0.2, 0) is 0 Å². The van der Waals surface area contributed by atoms with Crippen LogP contribution < -0.4 is 5.32 Å². The number of hydrogen-bond donors (Lipinski definition) is 2. The second-order valence-corrected chi connectivity index (χ2v) is 6.36. The first-order valence-electron chi connectivity index (χ1n) is 7.79. The van der Waals surface area contributed by atoms with Crippen molar-refractivity contribution < 1.29 is 5.11 Å². The van der Waals surface area contributed by atoms with Crippen LogP contribution in [0.15, 0.2) is 24.3 Å². The van der Waals surface area contributed by atoms with Crippen LogP contribution in [0.4, 0.5) is 0 Å². The van der Waals surface area contributed by atoms with Crippen molar-refractivity contribution in [1.82, 2.24) is 5.32 Å². The number of phenols is 1. The van der Waals surface area contributed by atoms with Gasteiger partial charge in [-0.1, -0.05) is 31.5 Å². The van der Waals surface area contributed by atoms with Crippen LogP contribution in [0.2, 0.25) is 0 Å². The number of benzene rings is 1. The molecule has 0 aromatic heterocycles. The third-order valence-corrected chi connectivity index (χ3v) is 5.23. The summed E-state index contributed by atoms with van der Waals surface area (Å²) in [7, 11) is 0. The van der Waals surface area contributed by atoms with E-state index in [9.17, 15) is 5.11 Å². The van der Waals surface area contributed by atoms with Crippen LogP contribution in [0.5, 0.6) is 5.75 Å². The van der Waals surface area contributed by atoms with E-state index in [1.54, 1.807) is 6.07 Å². The Morgan fingerprint density at radius 2 is 2.11 bits per heavy atom. The quantitative estimate of drug-likeness (QED) is 0.841. The van der Waals surface area contributed by atoms with E-state index < -0.39 is 0 Å². The molecule has 2 saturated carbocycles. The van der Waals surface area contributed by atoms with Gasteiger partial charge in [-0.25, -0.2) is 0 Å². The van der Waals surface area contributed by atoms with Crippen LogP contribution in [0, 0.1) is 17.8 Å². The molecule has 2 aliphatic carbocycles. The molecule has 2 heteroatoms. The van der Waals surface area contributed by atoms with Gasteiger partial charge < -0.3 is 10.4 Å². The molecule has 0 heterocycles. The highest BCUT2D eigenvalue weighted by molar-refractivity contribution is 5.34. The van der Waals surface area contributed by atoms with E-state index in [0.717, 1.165) is 36.3 Å². The maximum Gasteiger partial charge on any atom is 0.120 e. The van der Waals surface area contributed by atoms with Gasteiger partial charge in [-0.05, 0) is 56.0 Å². The van der Waals surface area contributed by atoms with Gasteiger partial charge >= 0.3 is 0 Å². The van der Waals surface area contributed by atoms with E-state index in [1.165, 1.54) is 25.7 Å². The lowest BCUT2D eigenvalue weighted by Gasteiger charge is -2.25.